The lowest BCUT2D eigenvalue weighted by molar-refractivity contribution is 0.0950. The lowest BCUT2D eigenvalue weighted by atomic mass is 10.0. The molecule has 0 fully saturated rings. The van der Waals surface area contributed by atoms with E-state index in [1.807, 2.05) is 56.3 Å². The summed E-state index contributed by atoms with van der Waals surface area (Å²) in [6.07, 6.45) is 0. The van der Waals surface area contributed by atoms with Crippen LogP contribution in [0.15, 0.2) is 42.5 Å². The lowest BCUT2D eigenvalue weighted by Crippen LogP contribution is -2.23. The molecule has 0 aromatic heterocycles. The molecule has 0 heterocycles. The van der Waals surface area contributed by atoms with Crippen LogP contribution in [-0.4, -0.2) is 10.9 Å². The van der Waals surface area contributed by atoms with E-state index >= 15 is 0 Å². The highest BCUT2D eigenvalue weighted by molar-refractivity contribution is 7.80. The molecule has 0 aliphatic rings. The van der Waals surface area contributed by atoms with Gasteiger partial charge >= 0.3 is 0 Å². The van der Waals surface area contributed by atoms with Crippen molar-refractivity contribution < 1.29 is 4.79 Å². The van der Waals surface area contributed by atoms with Gasteiger partial charge in [0.25, 0.3) is 5.91 Å². The van der Waals surface area contributed by atoms with Crippen LogP contribution in [-0.2, 0) is 6.54 Å². The van der Waals surface area contributed by atoms with Crippen LogP contribution in [0.1, 0.15) is 32.6 Å². The van der Waals surface area contributed by atoms with Gasteiger partial charge in [0, 0.05) is 17.7 Å². The number of aryl methyl sites for hydroxylation is 2. The maximum Gasteiger partial charge on any atom is 0.251 e. The predicted octanol–water partition coefficient (Wildman–Crippen LogP) is 2.87. The minimum Gasteiger partial charge on any atom is -0.389 e. The molecule has 0 saturated carbocycles. The van der Waals surface area contributed by atoms with Crippen molar-refractivity contribution in [3.63, 3.8) is 0 Å². The van der Waals surface area contributed by atoms with Crippen LogP contribution in [0.5, 0.6) is 0 Å². The number of hydrogen-bond acceptors (Lipinski definition) is 2. The fourth-order valence-electron chi connectivity index (χ4n) is 2.04. The molecule has 0 atom stereocenters. The van der Waals surface area contributed by atoms with E-state index in [9.17, 15) is 4.79 Å². The molecule has 0 spiro atoms. The van der Waals surface area contributed by atoms with Gasteiger partial charge in [-0.1, -0.05) is 54.2 Å². The Labute approximate surface area is 130 Å². The summed E-state index contributed by atoms with van der Waals surface area (Å²) in [4.78, 5) is 12.6. The molecular formula is C17H18N2OS. The molecule has 0 saturated heterocycles. The summed E-state index contributed by atoms with van der Waals surface area (Å²) in [7, 11) is 0. The van der Waals surface area contributed by atoms with Crippen molar-refractivity contribution in [1.29, 1.82) is 0 Å². The highest BCUT2D eigenvalue weighted by Crippen LogP contribution is 2.11. The average molecular weight is 298 g/mol. The largest absolute Gasteiger partial charge is 0.389 e. The van der Waals surface area contributed by atoms with E-state index in [0.29, 0.717) is 11.5 Å². The first-order valence-corrected chi connectivity index (χ1v) is 7.12. The van der Waals surface area contributed by atoms with Crippen molar-refractivity contribution in [2.24, 2.45) is 5.73 Å². The molecule has 0 aliphatic heterocycles. The molecule has 3 N–H and O–H groups in total. The average Bonchev–Trinajstić information content (AvgIpc) is 2.47. The number of nitrogens with one attached hydrogen (secondary N) is 1. The first-order chi connectivity index (χ1) is 9.97. The van der Waals surface area contributed by atoms with Gasteiger partial charge in [0.1, 0.15) is 4.99 Å². The second-order valence-corrected chi connectivity index (χ2v) is 5.50. The number of thiocarbonyl (C=S) groups is 1. The molecule has 0 aliphatic carbocycles. The zero-order valence-corrected chi connectivity index (χ0v) is 13.0. The molecule has 0 bridgehead atoms. The summed E-state index contributed by atoms with van der Waals surface area (Å²) in [5.74, 6) is -0.0605. The van der Waals surface area contributed by atoms with Crippen LogP contribution in [0.25, 0.3) is 0 Å². The first-order valence-electron chi connectivity index (χ1n) is 6.71. The maximum absolute atomic E-state index is 12.2. The number of rotatable bonds is 4. The summed E-state index contributed by atoms with van der Waals surface area (Å²) >= 11 is 4.91. The van der Waals surface area contributed by atoms with Gasteiger partial charge in [-0.3, -0.25) is 4.79 Å². The Bertz CT molecular complexity index is 678. The van der Waals surface area contributed by atoms with E-state index in [1.165, 1.54) is 0 Å². The summed E-state index contributed by atoms with van der Waals surface area (Å²) in [6.45, 7) is 4.39. The van der Waals surface area contributed by atoms with Gasteiger partial charge in [0.15, 0.2) is 0 Å². The van der Waals surface area contributed by atoms with Crippen LogP contribution >= 0.6 is 12.2 Å². The van der Waals surface area contributed by atoms with Gasteiger partial charge in [-0.05, 0) is 31.0 Å². The van der Waals surface area contributed by atoms with Gasteiger partial charge in [-0.15, -0.1) is 0 Å². The normalized spacial score (nSPS) is 10.2. The Balaban J connectivity index is 2.04. The molecule has 108 valence electrons. The Morgan fingerprint density at radius 3 is 2.43 bits per heavy atom. The third-order valence-corrected chi connectivity index (χ3v) is 3.56. The molecule has 0 unspecified atom stereocenters. The third-order valence-electron chi connectivity index (χ3n) is 3.33. The monoisotopic (exact) mass is 298 g/mol. The quantitative estimate of drug-likeness (QED) is 0.853. The van der Waals surface area contributed by atoms with Gasteiger partial charge in [-0.2, -0.15) is 0 Å². The summed E-state index contributed by atoms with van der Waals surface area (Å²) < 4.78 is 0. The van der Waals surface area contributed by atoms with E-state index in [4.69, 9.17) is 18.0 Å². The standard InChI is InChI=1S/C17H18N2OS/c1-11-3-4-12(2)15(9-11)17(20)19-10-13-5-7-14(8-6-13)16(18)21/h3-9H,10H2,1-2H3,(H2,18,21)(H,19,20). The first kappa shape index (κ1) is 15.2. The molecule has 2 aromatic carbocycles. The molecule has 2 aromatic rings. The van der Waals surface area contributed by atoms with Crippen LogP contribution in [0.2, 0.25) is 0 Å². The van der Waals surface area contributed by atoms with E-state index in [1.54, 1.807) is 0 Å². The Kier molecular flexibility index (Phi) is 4.70. The van der Waals surface area contributed by atoms with Crippen molar-refractivity contribution in [2.45, 2.75) is 20.4 Å². The Morgan fingerprint density at radius 2 is 1.81 bits per heavy atom. The van der Waals surface area contributed by atoms with Crippen LogP contribution < -0.4 is 11.1 Å². The second kappa shape index (κ2) is 6.50. The van der Waals surface area contributed by atoms with Crippen molar-refractivity contribution in [3.05, 3.63) is 70.3 Å². The lowest BCUT2D eigenvalue weighted by Gasteiger charge is -2.09. The molecular weight excluding hydrogens is 280 g/mol. The van der Waals surface area contributed by atoms with Gasteiger partial charge < -0.3 is 11.1 Å². The minimum atomic E-state index is -0.0605. The number of benzene rings is 2. The zero-order valence-electron chi connectivity index (χ0n) is 12.1. The number of nitrogens with two attached hydrogens (primary N) is 1. The molecule has 21 heavy (non-hydrogen) atoms. The van der Waals surface area contributed by atoms with Crippen molar-refractivity contribution >= 4 is 23.1 Å². The van der Waals surface area contributed by atoms with Gasteiger partial charge in [0.05, 0.1) is 0 Å². The molecule has 3 nitrogen and oxygen atoms in total. The van der Waals surface area contributed by atoms with E-state index < -0.39 is 0 Å². The SMILES string of the molecule is Cc1ccc(C)c(C(=O)NCc2ccc(C(N)=S)cc2)c1. The van der Waals surface area contributed by atoms with Crippen LogP contribution in [0.4, 0.5) is 0 Å². The molecule has 2 rings (SSSR count). The van der Waals surface area contributed by atoms with Crippen molar-refractivity contribution in [1.82, 2.24) is 5.32 Å². The third kappa shape index (κ3) is 3.89. The second-order valence-electron chi connectivity index (χ2n) is 5.06. The van der Waals surface area contributed by atoms with Crippen molar-refractivity contribution in [2.75, 3.05) is 0 Å². The number of amides is 1. The molecule has 0 radical (unpaired) electrons. The summed E-state index contributed by atoms with van der Waals surface area (Å²) in [5.41, 5.74) is 10.2. The van der Waals surface area contributed by atoms with E-state index in [0.717, 1.165) is 27.8 Å². The van der Waals surface area contributed by atoms with Crippen LogP contribution in [0, 0.1) is 13.8 Å². The minimum absolute atomic E-state index is 0.0605. The summed E-state index contributed by atoms with van der Waals surface area (Å²) in [5, 5.41) is 2.93. The highest BCUT2D eigenvalue weighted by atomic mass is 32.1. The summed E-state index contributed by atoms with van der Waals surface area (Å²) in [6, 6.07) is 13.4. The molecule has 1 amide bonds. The Morgan fingerprint density at radius 1 is 1.14 bits per heavy atom. The van der Waals surface area contributed by atoms with Crippen LogP contribution in [0.3, 0.4) is 0 Å². The highest BCUT2D eigenvalue weighted by Gasteiger charge is 2.08. The Hall–Kier alpha value is -2.20. The number of carbonyl (C=O) groups is 1. The smallest absolute Gasteiger partial charge is 0.251 e. The van der Waals surface area contributed by atoms with Gasteiger partial charge in [-0.25, -0.2) is 0 Å². The van der Waals surface area contributed by atoms with Gasteiger partial charge in [0.2, 0.25) is 0 Å². The zero-order chi connectivity index (χ0) is 15.4. The fraction of sp³-hybridized carbons (Fsp3) is 0.176. The van der Waals surface area contributed by atoms with Crippen molar-refractivity contribution in [3.8, 4) is 0 Å². The number of hydrogen-bond donors (Lipinski definition) is 2. The number of carbonyl (C=O) groups excluding carboxylic acids is 1. The van der Waals surface area contributed by atoms with E-state index in [-0.39, 0.29) is 5.91 Å². The maximum atomic E-state index is 12.2. The fourth-order valence-corrected chi connectivity index (χ4v) is 2.18. The van der Waals surface area contributed by atoms with E-state index in [2.05, 4.69) is 5.32 Å². The topological polar surface area (TPSA) is 55.1 Å². The molecule has 4 heteroatoms. The predicted molar refractivity (Wildman–Crippen MR) is 89.4 cm³/mol.